The quantitative estimate of drug-likeness (QED) is 0.869. The Morgan fingerprint density at radius 3 is 2.85 bits per heavy atom. The first-order valence-corrected chi connectivity index (χ1v) is 6.95. The predicted molar refractivity (Wildman–Crippen MR) is 77.4 cm³/mol. The standard InChI is InChI=1S/C14H19ClN2O3/c1-19-12-7-9(6-10(15)13(12)20-2)8-17-11-4-3-5-16-14(11)18/h6-7,11,17H,3-5,8H2,1-2H3,(H,16,18). The molecule has 1 unspecified atom stereocenters. The lowest BCUT2D eigenvalue weighted by Gasteiger charge is -2.23. The van der Waals surface area contributed by atoms with Crippen molar-refractivity contribution in [2.24, 2.45) is 0 Å². The average Bonchev–Trinajstić information content (AvgIpc) is 2.45. The van der Waals surface area contributed by atoms with Crippen LogP contribution in [-0.2, 0) is 11.3 Å². The molecule has 1 atom stereocenters. The van der Waals surface area contributed by atoms with E-state index in [9.17, 15) is 4.79 Å². The number of piperidine rings is 1. The summed E-state index contributed by atoms with van der Waals surface area (Å²) >= 11 is 6.15. The van der Waals surface area contributed by atoms with Gasteiger partial charge in [-0.1, -0.05) is 11.6 Å². The predicted octanol–water partition coefficient (Wildman–Crippen LogP) is 1.73. The topological polar surface area (TPSA) is 59.6 Å². The summed E-state index contributed by atoms with van der Waals surface area (Å²) in [6.45, 7) is 1.32. The van der Waals surface area contributed by atoms with Crippen molar-refractivity contribution in [2.75, 3.05) is 20.8 Å². The zero-order chi connectivity index (χ0) is 14.5. The minimum Gasteiger partial charge on any atom is -0.493 e. The van der Waals surface area contributed by atoms with Gasteiger partial charge in [0.15, 0.2) is 11.5 Å². The fourth-order valence-electron chi connectivity index (χ4n) is 2.28. The van der Waals surface area contributed by atoms with Gasteiger partial charge in [-0.05, 0) is 30.5 Å². The minimum absolute atomic E-state index is 0.0582. The van der Waals surface area contributed by atoms with Crippen molar-refractivity contribution in [3.8, 4) is 11.5 Å². The molecule has 2 N–H and O–H groups in total. The molecule has 0 aliphatic carbocycles. The molecule has 1 amide bonds. The van der Waals surface area contributed by atoms with Crippen molar-refractivity contribution in [2.45, 2.75) is 25.4 Å². The molecule has 0 bridgehead atoms. The molecule has 1 aromatic carbocycles. The molecule has 1 aromatic rings. The number of rotatable bonds is 5. The molecule has 110 valence electrons. The third kappa shape index (κ3) is 3.35. The monoisotopic (exact) mass is 298 g/mol. The zero-order valence-electron chi connectivity index (χ0n) is 11.7. The number of amides is 1. The van der Waals surface area contributed by atoms with Gasteiger partial charge in [-0.2, -0.15) is 0 Å². The molecule has 0 aromatic heterocycles. The third-order valence-corrected chi connectivity index (χ3v) is 3.61. The van der Waals surface area contributed by atoms with Gasteiger partial charge < -0.3 is 20.1 Å². The molecule has 20 heavy (non-hydrogen) atoms. The van der Waals surface area contributed by atoms with Crippen LogP contribution in [0.15, 0.2) is 12.1 Å². The molecule has 1 heterocycles. The molecular formula is C14H19ClN2O3. The van der Waals surface area contributed by atoms with Crippen LogP contribution < -0.4 is 20.1 Å². The highest BCUT2D eigenvalue weighted by Crippen LogP contribution is 2.35. The van der Waals surface area contributed by atoms with Crippen LogP contribution in [0, 0.1) is 0 Å². The van der Waals surface area contributed by atoms with Gasteiger partial charge in [-0.3, -0.25) is 4.79 Å². The number of carbonyl (C=O) groups is 1. The number of benzene rings is 1. The van der Waals surface area contributed by atoms with E-state index in [0.29, 0.717) is 23.1 Å². The number of nitrogens with one attached hydrogen (secondary N) is 2. The fraction of sp³-hybridized carbons (Fsp3) is 0.500. The highest BCUT2D eigenvalue weighted by Gasteiger charge is 2.21. The Bertz CT molecular complexity index is 494. The summed E-state index contributed by atoms with van der Waals surface area (Å²) in [6, 6.07) is 3.53. The van der Waals surface area contributed by atoms with Crippen LogP contribution in [0.25, 0.3) is 0 Å². The first kappa shape index (κ1) is 14.9. The molecular weight excluding hydrogens is 280 g/mol. The Labute approximate surface area is 123 Å². The van der Waals surface area contributed by atoms with E-state index in [0.717, 1.165) is 24.9 Å². The first-order valence-electron chi connectivity index (χ1n) is 6.57. The molecule has 1 saturated heterocycles. The van der Waals surface area contributed by atoms with Gasteiger partial charge in [0.1, 0.15) is 0 Å². The Kier molecular flexibility index (Phi) is 5.09. The summed E-state index contributed by atoms with van der Waals surface area (Å²) in [5.41, 5.74) is 0.950. The number of methoxy groups -OCH3 is 2. The Balaban J connectivity index is 2.06. The molecule has 0 radical (unpaired) electrons. The van der Waals surface area contributed by atoms with Crippen molar-refractivity contribution in [3.63, 3.8) is 0 Å². The SMILES string of the molecule is COc1cc(CNC2CCCNC2=O)cc(Cl)c1OC. The van der Waals surface area contributed by atoms with Gasteiger partial charge in [0, 0.05) is 13.1 Å². The van der Waals surface area contributed by atoms with Crippen LogP contribution in [0.5, 0.6) is 11.5 Å². The molecule has 0 saturated carbocycles. The van der Waals surface area contributed by atoms with Crippen molar-refractivity contribution in [3.05, 3.63) is 22.7 Å². The molecule has 1 aliphatic rings. The summed E-state index contributed by atoms with van der Waals surface area (Å²) < 4.78 is 10.4. The lowest BCUT2D eigenvalue weighted by atomic mass is 10.1. The van der Waals surface area contributed by atoms with Crippen molar-refractivity contribution < 1.29 is 14.3 Å². The average molecular weight is 299 g/mol. The molecule has 6 heteroatoms. The van der Waals surface area contributed by atoms with E-state index in [1.807, 2.05) is 12.1 Å². The second-order valence-corrected chi connectivity index (χ2v) is 5.09. The number of hydrogen-bond donors (Lipinski definition) is 2. The van der Waals surface area contributed by atoms with E-state index in [-0.39, 0.29) is 11.9 Å². The second-order valence-electron chi connectivity index (χ2n) is 4.68. The number of hydrogen-bond acceptors (Lipinski definition) is 4. The summed E-state index contributed by atoms with van der Waals surface area (Å²) in [5.74, 6) is 1.17. The van der Waals surface area contributed by atoms with Crippen LogP contribution in [0.1, 0.15) is 18.4 Å². The van der Waals surface area contributed by atoms with Gasteiger partial charge in [-0.25, -0.2) is 0 Å². The molecule has 1 aliphatic heterocycles. The van der Waals surface area contributed by atoms with Crippen molar-refractivity contribution in [1.82, 2.24) is 10.6 Å². The maximum absolute atomic E-state index is 11.7. The second kappa shape index (κ2) is 6.81. The van der Waals surface area contributed by atoms with Gasteiger partial charge in [-0.15, -0.1) is 0 Å². The normalized spacial score (nSPS) is 18.6. The Hall–Kier alpha value is -1.46. The number of ether oxygens (including phenoxy) is 2. The highest BCUT2D eigenvalue weighted by atomic mass is 35.5. The summed E-state index contributed by atoms with van der Waals surface area (Å²) in [7, 11) is 3.12. The van der Waals surface area contributed by atoms with Crippen LogP contribution in [-0.4, -0.2) is 32.7 Å². The maximum atomic E-state index is 11.7. The Morgan fingerprint density at radius 2 is 2.20 bits per heavy atom. The first-order chi connectivity index (χ1) is 9.65. The van der Waals surface area contributed by atoms with Crippen molar-refractivity contribution in [1.29, 1.82) is 0 Å². The van der Waals surface area contributed by atoms with E-state index in [4.69, 9.17) is 21.1 Å². The summed E-state index contributed by atoms with van der Waals surface area (Å²) in [4.78, 5) is 11.7. The molecule has 2 rings (SSSR count). The van der Waals surface area contributed by atoms with Crippen LogP contribution >= 0.6 is 11.6 Å². The lowest BCUT2D eigenvalue weighted by molar-refractivity contribution is -0.124. The van der Waals surface area contributed by atoms with E-state index in [1.165, 1.54) is 0 Å². The largest absolute Gasteiger partial charge is 0.493 e. The highest BCUT2D eigenvalue weighted by molar-refractivity contribution is 6.32. The van der Waals surface area contributed by atoms with Gasteiger partial charge >= 0.3 is 0 Å². The minimum atomic E-state index is -0.143. The number of carbonyl (C=O) groups excluding carboxylic acids is 1. The van der Waals surface area contributed by atoms with Crippen LogP contribution in [0.3, 0.4) is 0 Å². The number of halogens is 1. The summed E-state index contributed by atoms with van der Waals surface area (Å²) in [6.07, 6.45) is 1.85. The van der Waals surface area contributed by atoms with Gasteiger partial charge in [0.05, 0.1) is 25.3 Å². The lowest BCUT2D eigenvalue weighted by Crippen LogP contribution is -2.47. The zero-order valence-corrected chi connectivity index (χ0v) is 12.4. The Morgan fingerprint density at radius 1 is 1.40 bits per heavy atom. The van der Waals surface area contributed by atoms with Gasteiger partial charge in [0.2, 0.25) is 5.91 Å². The molecule has 5 nitrogen and oxygen atoms in total. The fourth-order valence-corrected chi connectivity index (χ4v) is 2.59. The molecule has 1 fully saturated rings. The smallest absolute Gasteiger partial charge is 0.237 e. The van der Waals surface area contributed by atoms with E-state index in [2.05, 4.69) is 10.6 Å². The van der Waals surface area contributed by atoms with E-state index >= 15 is 0 Å². The van der Waals surface area contributed by atoms with Gasteiger partial charge in [0.25, 0.3) is 0 Å². The van der Waals surface area contributed by atoms with Crippen LogP contribution in [0.4, 0.5) is 0 Å². The van der Waals surface area contributed by atoms with Crippen LogP contribution in [0.2, 0.25) is 5.02 Å². The van der Waals surface area contributed by atoms with E-state index < -0.39 is 0 Å². The third-order valence-electron chi connectivity index (χ3n) is 3.33. The molecule has 0 spiro atoms. The van der Waals surface area contributed by atoms with Crippen molar-refractivity contribution >= 4 is 17.5 Å². The summed E-state index contributed by atoms with van der Waals surface area (Å²) in [5, 5.41) is 6.58. The van der Waals surface area contributed by atoms with E-state index in [1.54, 1.807) is 14.2 Å². The maximum Gasteiger partial charge on any atom is 0.237 e.